The van der Waals surface area contributed by atoms with E-state index in [9.17, 15) is 10.1 Å². The van der Waals surface area contributed by atoms with Crippen LogP contribution in [0, 0.1) is 13.7 Å². The Hall–Kier alpha value is -0.860. The van der Waals surface area contributed by atoms with Crippen LogP contribution in [-0.2, 0) is 6.42 Å². The van der Waals surface area contributed by atoms with Crippen molar-refractivity contribution in [2.75, 3.05) is 11.9 Å². The number of hydrogen-bond acceptors (Lipinski definition) is 4. The molecule has 4 nitrogen and oxygen atoms in total. The van der Waals surface area contributed by atoms with Gasteiger partial charge in [0, 0.05) is 32.8 Å². The Kier molecular flexibility index (Phi) is 5.00. The molecule has 2 aromatic rings. The van der Waals surface area contributed by atoms with E-state index in [-0.39, 0.29) is 10.6 Å². The number of nitrogens with one attached hydrogen (secondary N) is 1. The molecular weight excluding hydrogens is 399 g/mol. The van der Waals surface area contributed by atoms with E-state index < -0.39 is 0 Å². The van der Waals surface area contributed by atoms with Gasteiger partial charge >= 0.3 is 0 Å². The predicted molar refractivity (Wildman–Crippen MR) is 87.3 cm³/mol. The Bertz CT molecular complexity index is 603. The zero-order valence-corrected chi connectivity index (χ0v) is 13.5. The maximum absolute atomic E-state index is 10.6. The molecule has 1 N–H and O–H groups in total. The Morgan fingerprint density at radius 2 is 2.16 bits per heavy atom. The molecule has 100 valence electrons. The summed E-state index contributed by atoms with van der Waals surface area (Å²) in [6.07, 6.45) is 0.879. The van der Waals surface area contributed by atoms with Crippen LogP contribution < -0.4 is 5.32 Å². The largest absolute Gasteiger partial charge is 0.384 e. The molecule has 0 amide bonds. The molecule has 0 saturated carbocycles. The summed E-state index contributed by atoms with van der Waals surface area (Å²) in [5.74, 6) is 0. The molecule has 0 bridgehead atoms. The van der Waals surface area contributed by atoms with E-state index in [2.05, 4.69) is 27.9 Å². The van der Waals surface area contributed by atoms with Crippen LogP contribution in [0.1, 0.15) is 4.88 Å². The van der Waals surface area contributed by atoms with E-state index in [4.69, 9.17) is 11.6 Å². The fourth-order valence-electron chi connectivity index (χ4n) is 1.57. The second-order valence-corrected chi connectivity index (χ2v) is 6.77. The summed E-state index contributed by atoms with van der Waals surface area (Å²) in [6, 6.07) is 8.70. The van der Waals surface area contributed by atoms with Crippen LogP contribution in [0.3, 0.4) is 0 Å². The summed E-state index contributed by atoms with van der Waals surface area (Å²) >= 11 is 9.52. The molecule has 1 aromatic heterocycles. The number of hydrogen-bond donors (Lipinski definition) is 1. The lowest BCUT2D eigenvalue weighted by molar-refractivity contribution is -0.384. The van der Waals surface area contributed by atoms with Crippen LogP contribution in [0.25, 0.3) is 0 Å². The van der Waals surface area contributed by atoms with Gasteiger partial charge in [0.05, 0.1) is 9.26 Å². The molecule has 1 heterocycles. The summed E-state index contributed by atoms with van der Waals surface area (Å²) in [4.78, 5) is 11.5. The second-order valence-electron chi connectivity index (χ2n) is 3.80. The van der Waals surface area contributed by atoms with Gasteiger partial charge in [-0.15, -0.1) is 11.3 Å². The van der Waals surface area contributed by atoms with E-state index in [0.29, 0.717) is 0 Å². The van der Waals surface area contributed by atoms with Gasteiger partial charge in [-0.25, -0.2) is 0 Å². The zero-order chi connectivity index (χ0) is 13.8. The van der Waals surface area contributed by atoms with Crippen molar-refractivity contribution in [1.82, 2.24) is 0 Å². The van der Waals surface area contributed by atoms with Crippen LogP contribution in [0.4, 0.5) is 11.4 Å². The minimum atomic E-state index is -0.389. The topological polar surface area (TPSA) is 55.2 Å². The van der Waals surface area contributed by atoms with Gasteiger partial charge in [0.1, 0.15) is 0 Å². The third-order valence-corrected chi connectivity index (χ3v) is 4.66. The van der Waals surface area contributed by atoms with Crippen molar-refractivity contribution in [2.45, 2.75) is 6.42 Å². The standard InChI is InChI=1S/C12H10ClIN2O2S/c13-12-4-2-9(19-12)5-6-15-11-3-1-8(16(17)18)7-10(11)14/h1-4,7,15H,5-6H2. The lowest BCUT2D eigenvalue weighted by Crippen LogP contribution is -2.05. The van der Waals surface area contributed by atoms with Crippen molar-refractivity contribution in [3.8, 4) is 0 Å². The molecule has 0 unspecified atom stereocenters. The van der Waals surface area contributed by atoms with Gasteiger partial charge in [-0.3, -0.25) is 10.1 Å². The number of anilines is 1. The quantitative estimate of drug-likeness (QED) is 0.448. The molecule has 0 fully saturated rings. The van der Waals surface area contributed by atoms with Crippen molar-refractivity contribution in [3.63, 3.8) is 0 Å². The number of halogens is 2. The minimum Gasteiger partial charge on any atom is -0.384 e. The summed E-state index contributed by atoms with van der Waals surface area (Å²) in [5.41, 5.74) is 1.02. The number of non-ortho nitro benzene ring substituents is 1. The first-order valence-electron chi connectivity index (χ1n) is 5.48. The molecule has 0 aliphatic heterocycles. The van der Waals surface area contributed by atoms with E-state index in [1.165, 1.54) is 10.9 Å². The number of thiophene rings is 1. The van der Waals surface area contributed by atoms with Gasteiger partial charge in [0.15, 0.2) is 0 Å². The van der Waals surface area contributed by atoms with Crippen molar-refractivity contribution in [1.29, 1.82) is 0 Å². The molecule has 0 atom stereocenters. The first-order chi connectivity index (χ1) is 9.06. The highest BCUT2D eigenvalue weighted by Gasteiger charge is 2.08. The SMILES string of the molecule is O=[N+]([O-])c1ccc(NCCc2ccc(Cl)s2)c(I)c1. The Morgan fingerprint density at radius 3 is 2.74 bits per heavy atom. The maximum Gasteiger partial charge on any atom is 0.270 e. The van der Waals surface area contributed by atoms with Crippen LogP contribution in [-0.4, -0.2) is 11.5 Å². The molecule has 0 aliphatic carbocycles. The second kappa shape index (κ2) is 6.53. The highest BCUT2D eigenvalue weighted by atomic mass is 127. The molecule has 2 rings (SSSR count). The molecule has 0 spiro atoms. The normalized spacial score (nSPS) is 10.4. The van der Waals surface area contributed by atoms with E-state index in [0.717, 1.165) is 26.6 Å². The van der Waals surface area contributed by atoms with E-state index >= 15 is 0 Å². The van der Waals surface area contributed by atoms with Gasteiger partial charge in [-0.2, -0.15) is 0 Å². The number of nitro benzene ring substituents is 1. The molecule has 0 saturated heterocycles. The highest BCUT2D eigenvalue weighted by Crippen LogP contribution is 2.24. The first kappa shape index (κ1) is 14.5. The van der Waals surface area contributed by atoms with Crippen molar-refractivity contribution >= 4 is 56.9 Å². The van der Waals surface area contributed by atoms with Crippen LogP contribution in [0.15, 0.2) is 30.3 Å². The average molecular weight is 409 g/mol. The van der Waals surface area contributed by atoms with Gasteiger partial charge in [-0.1, -0.05) is 11.6 Å². The third kappa shape index (κ3) is 4.05. The Balaban J connectivity index is 1.94. The molecule has 19 heavy (non-hydrogen) atoms. The van der Waals surface area contributed by atoms with Crippen LogP contribution >= 0.6 is 45.5 Å². The van der Waals surface area contributed by atoms with Gasteiger partial charge in [-0.05, 0) is 47.2 Å². The smallest absolute Gasteiger partial charge is 0.270 e. The number of nitrogens with zero attached hydrogens (tertiary/aromatic N) is 1. The van der Waals surface area contributed by atoms with Gasteiger partial charge in [0.25, 0.3) is 5.69 Å². The Labute approximate surface area is 133 Å². The maximum atomic E-state index is 10.6. The summed E-state index contributed by atoms with van der Waals surface area (Å²) in [5, 5.41) is 13.9. The van der Waals surface area contributed by atoms with Crippen molar-refractivity contribution < 1.29 is 4.92 Å². The van der Waals surface area contributed by atoms with Crippen LogP contribution in [0.5, 0.6) is 0 Å². The molecule has 7 heteroatoms. The monoisotopic (exact) mass is 408 g/mol. The molecule has 0 radical (unpaired) electrons. The number of rotatable bonds is 5. The lowest BCUT2D eigenvalue weighted by Gasteiger charge is -2.07. The molecule has 1 aromatic carbocycles. The fourth-order valence-corrected chi connectivity index (χ4v) is 3.34. The van der Waals surface area contributed by atoms with Crippen LogP contribution in [0.2, 0.25) is 4.34 Å². The first-order valence-corrected chi connectivity index (χ1v) is 7.75. The van der Waals surface area contributed by atoms with Crippen molar-refractivity contribution in [3.05, 3.63) is 53.2 Å². The number of nitro groups is 1. The molecular formula is C12H10ClIN2O2S. The predicted octanol–water partition coefficient (Wildman–Crippen LogP) is 4.57. The van der Waals surface area contributed by atoms with Crippen molar-refractivity contribution in [2.24, 2.45) is 0 Å². The van der Waals surface area contributed by atoms with E-state index in [1.807, 2.05) is 12.1 Å². The average Bonchev–Trinajstić information content (AvgIpc) is 2.77. The summed E-state index contributed by atoms with van der Waals surface area (Å²) in [6.45, 7) is 0.769. The fraction of sp³-hybridized carbons (Fsp3) is 0.167. The van der Waals surface area contributed by atoms with E-state index in [1.54, 1.807) is 23.5 Å². The number of benzene rings is 1. The Morgan fingerprint density at radius 1 is 1.37 bits per heavy atom. The van der Waals surface area contributed by atoms with Gasteiger partial charge < -0.3 is 5.32 Å². The molecule has 0 aliphatic rings. The zero-order valence-electron chi connectivity index (χ0n) is 9.73. The highest BCUT2D eigenvalue weighted by molar-refractivity contribution is 14.1. The minimum absolute atomic E-state index is 0.111. The third-order valence-electron chi connectivity index (χ3n) is 2.48. The summed E-state index contributed by atoms with van der Waals surface area (Å²) < 4.78 is 1.64. The van der Waals surface area contributed by atoms with Gasteiger partial charge in [0.2, 0.25) is 0 Å². The lowest BCUT2D eigenvalue weighted by atomic mass is 10.2. The summed E-state index contributed by atoms with van der Waals surface area (Å²) in [7, 11) is 0.